The number of carbonyl (C=O) groups excluding carboxylic acids is 2. The molecule has 0 fully saturated rings. The van der Waals surface area contributed by atoms with Crippen molar-refractivity contribution in [3.63, 3.8) is 0 Å². The Labute approximate surface area is 337 Å². The van der Waals surface area contributed by atoms with Crippen LogP contribution in [0.5, 0.6) is 5.88 Å². The van der Waals surface area contributed by atoms with Gasteiger partial charge in [-0.2, -0.15) is 9.46 Å². The highest BCUT2D eigenvalue weighted by Gasteiger charge is 2.43. The second kappa shape index (κ2) is 14.9. The number of hydrogen-bond acceptors (Lipinski definition) is 7. The molecule has 58 heavy (non-hydrogen) atoms. The minimum Gasteiger partial charge on any atom is -0.475 e. The van der Waals surface area contributed by atoms with Crippen LogP contribution in [0.15, 0.2) is 113 Å². The summed E-state index contributed by atoms with van der Waals surface area (Å²) in [6, 6.07) is 28.6. The van der Waals surface area contributed by atoms with E-state index in [1.807, 2.05) is 97.1 Å². The van der Waals surface area contributed by atoms with E-state index in [0.717, 1.165) is 17.5 Å². The van der Waals surface area contributed by atoms with Crippen molar-refractivity contribution in [2.75, 3.05) is 19.0 Å². The Balaban J connectivity index is 1.28. The van der Waals surface area contributed by atoms with Crippen LogP contribution in [0, 0.1) is 0 Å². The van der Waals surface area contributed by atoms with Gasteiger partial charge in [-0.25, -0.2) is 32.0 Å². The lowest BCUT2D eigenvalue weighted by Crippen LogP contribution is -2.48. The highest BCUT2D eigenvalue weighted by Crippen LogP contribution is 2.45. The molecule has 3 amide bonds. The molecule has 14 heteroatoms. The molecule has 1 unspecified atom stereocenters. The Morgan fingerprint density at radius 2 is 1.52 bits per heavy atom. The third kappa shape index (κ3) is 7.41. The van der Waals surface area contributed by atoms with E-state index in [2.05, 4.69) is 15.1 Å². The highest BCUT2D eigenvalue weighted by atomic mass is 32.2. The zero-order chi connectivity index (χ0) is 40.9. The Morgan fingerprint density at radius 3 is 2.10 bits per heavy atom. The molecule has 302 valence electrons. The SMILES string of the molecule is CN(C(=O)OC(C)(C)C)[C@@H]1COc2c(S(=O)(=NC(c3ccccc3)(c3ccccc3)c3ccccc3)NC(=O)Nc3c4c(cc5c3CC(F)(F)C5)CCC4)cnn2C1. The van der Waals surface area contributed by atoms with Gasteiger partial charge in [0.1, 0.15) is 22.6 Å². The largest absolute Gasteiger partial charge is 0.475 e. The number of aromatic nitrogens is 2. The summed E-state index contributed by atoms with van der Waals surface area (Å²) < 4.78 is 67.4. The van der Waals surface area contributed by atoms with Crippen molar-refractivity contribution in [1.82, 2.24) is 19.4 Å². The average molecular weight is 809 g/mol. The number of aryl methyl sites for hydroxylation is 1. The number of anilines is 1. The predicted octanol–water partition coefficient (Wildman–Crippen LogP) is 8.29. The molecule has 4 aromatic carbocycles. The molecule has 1 aliphatic heterocycles. The van der Waals surface area contributed by atoms with Crippen LogP contribution < -0.4 is 14.8 Å². The van der Waals surface area contributed by atoms with Gasteiger partial charge in [-0.3, -0.25) is 0 Å². The summed E-state index contributed by atoms with van der Waals surface area (Å²) in [5.41, 5.74) is 2.81. The van der Waals surface area contributed by atoms with Crippen LogP contribution in [-0.2, 0) is 52.4 Å². The second-order valence-corrected chi connectivity index (χ2v) is 18.0. The third-order valence-corrected chi connectivity index (χ3v) is 12.7. The van der Waals surface area contributed by atoms with Gasteiger partial charge in [0.2, 0.25) is 5.88 Å². The summed E-state index contributed by atoms with van der Waals surface area (Å²) in [6.45, 7) is 5.53. The summed E-state index contributed by atoms with van der Waals surface area (Å²) >= 11 is 0. The topological polar surface area (TPSA) is 127 Å². The predicted molar refractivity (Wildman–Crippen MR) is 217 cm³/mol. The Bertz CT molecular complexity index is 2380. The van der Waals surface area contributed by atoms with Gasteiger partial charge in [0.05, 0.1) is 18.8 Å². The summed E-state index contributed by atoms with van der Waals surface area (Å²) in [7, 11) is -2.50. The highest BCUT2D eigenvalue weighted by molar-refractivity contribution is 7.92. The van der Waals surface area contributed by atoms with Crippen molar-refractivity contribution in [2.45, 2.75) is 87.4 Å². The van der Waals surface area contributed by atoms with E-state index >= 15 is 4.21 Å². The standard InChI is InChI=1S/C44H46F2N6O5S/c1-42(2,3)57-41(54)51(4)34-27-52-39(56-28-34)37(26-47-52)58(55,49-40(53)48-38-35-22-14-15-29(35)23-30-24-43(45,46)25-36(30)38)50-44(31-16-8-5-9-17-31,32-18-10-6-11-19-32)33-20-12-7-13-21-33/h5-13,16-21,23,26,34H,14-15,22,24-25,27-28H2,1-4H3,(H2,48,49,50,53,55)/t34-,58?/m0/s1. The van der Waals surface area contributed by atoms with Crippen LogP contribution >= 0.6 is 0 Å². The number of benzene rings is 4. The normalized spacial score (nSPS) is 17.8. The van der Waals surface area contributed by atoms with E-state index in [4.69, 9.17) is 13.8 Å². The molecule has 2 aliphatic carbocycles. The lowest BCUT2D eigenvalue weighted by Gasteiger charge is -2.34. The number of ether oxygens (including phenoxy) is 2. The van der Waals surface area contributed by atoms with Gasteiger partial charge in [0, 0.05) is 25.6 Å². The fourth-order valence-electron chi connectivity index (χ4n) is 8.21. The first-order valence-electron chi connectivity index (χ1n) is 19.4. The molecule has 5 aromatic rings. The summed E-state index contributed by atoms with van der Waals surface area (Å²) in [5, 5.41) is 7.45. The molecule has 2 heterocycles. The zero-order valence-corrected chi connectivity index (χ0v) is 33.7. The number of amides is 3. The van der Waals surface area contributed by atoms with Gasteiger partial charge in [0.15, 0.2) is 9.92 Å². The van der Waals surface area contributed by atoms with Crippen molar-refractivity contribution in [3.05, 3.63) is 142 Å². The fourth-order valence-corrected chi connectivity index (χ4v) is 10.1. The molecule has 0 radical (unpaired) electrons. The lowest BCUT2D eigenvalue weighted by atomic mass is 9.78. The van der Waals surface area contributed by atoms with Gasteiger partial charge in [-0.1, -0.05) is 97.1 Å². The minimum atomic E-state index is -4.12. The molecule has 1 aromatic heterocycles. The summed E-state index contributed by atoms with van der Waals surface area (Å²) in [5.74, 6) is -2.84. The molecule has 2 N–H and O–H groups in total. The molecule has 2 atom stereocenters. The van der Waals surface area contributed by atoms with Crippen molar-refractivity contribution >= 4 is 27.7 Å². The maximum atomic E-state index is 16.2. The quantitative estimate of drug-likeness (QED) is 0.152. The summed E-state index contributed by atoms with van der Waals surface area (Å²) in [6.07, 6.45) is 2.07. The Kier molecular flexibility index (Phi) is 10.0. The lowest BCUT2D eigenvalue weighted by molar-refractivity contribution is 0.00994. The monoisotopic (exact) mass is 808 g/mol. The average Bonchev–Trinajstić information content (AvgIpc) is 3.93. The van der Waals surface area contributed by atoms with Crippen LogP contribution in [0.1, 0.15) is 66.1 Å². The van der Waals surface area contributed by atoms with E-state index in [-0.39, 0.29) is 23.9 Å². The van der Waals surface area contributed by atoms with E-state index in [9.17, 15) is 18.4 Å². The fraction of sp³-hybridized carbons (Fsp3) is 0.341. The minimum absolute atomic E-state index is 0.00300. The number of rotatable bonds is 8. The smallest absolute Gasteiger partial charge is 0.410 e. The zero-order valence-electron chi connectivity index (χ0n) is 32.8. The molecular weight excluding hydrogens is 763 g/mol. The van der Waals surface area contributed by atoms with Gasteiger partial charge >= 0.3 is 12.1 Å². The second-order valence-electron chi connectivity index (χ2n) is 16.1. The molecule has 0 saturated heterocycles. The van der Waals surface area contributed by atoms with Crippen LogP contribution in [-0.4, -0.2) is 62.2 Å². The first-order chi connectivity index (χ1) is 27.7. The maximum absolute atomic E-state index is 16.2. The van der Waals surface area contributed by atoms with Gasteiger partial charge in [0.25, 0.3) is 5.92 Å². The van der Waals surface area contributed by atoms with Crippen molar-refractivity contribution < 1.29 is 32.1 Å². The van der Waals surface area contributed by atoms with Crippen molar-refractivity contribution in [2.24, 2.45) is 4.36 Å². The number of fused-ring (bicyclic) bond motifs is 3. The van der Waals surface area contributed by atoms with E-state index in [1.54, 1.807) is 27.8 Å². The number of likely N-dealkylation sites (N-methyl/N-ethyl adjacent to an activating group) is 1. The van der Waals surface area contributed by atoms with Gasteiger partial charge < -0.3 is 19.7 Å². The van der Waals surface area contributed by atoms with Crippen molar-refractivity contribution in [3.8, 4) is 5.88 Å². The number of nitrogens with one attached hydrogen (secondary N) is 2. The van der Waals surface area contributed by atoms with Crippen LogP contribution in [0.2, 0.25) is 0 Å². The number of alkyl halides is 2. The van der Waals surface area contributed by atoms with Crippen LogP contribution in [0.25, 0.3) is 0 Å². The van der Waals surface area contributed by atoms with E-state index in [1.165, 1.54) is 15.8 Å². The molecular formula is C44H46F2N6O5S. The summed E-state index contributed by atoms with van der Waals surface area (Å²) in [4.78, 5) is 29.0. The number of halogens is 2. The van der Waals surface area contributed by atoms with E-state index < -0.39 is 58.0 Å². The molecule has 11 nitrogen and oxygen atoms in total. The van der Waals surface area contributed by atoms with Crippen molar-refractivity contribution in [1.29, 1.82) is 0 Å². The molecule has 8 rings (SSSR count). The molecule has 0 bridgehead atoms. The Hall–Kier alpha value is -5.76. The number of urea groups is 1. The number of carbonyl (C=O) groups is 2. The van der Waals surface area contributed by atoms with Gasteiger partial charge in [-0.05, 0) is 79.0 Å². The van der Waals surface area contributed by atoms with Crippen LogP contribution in [0.3, 0.4) is 0 Å². The first-order valence-corrected chi connectivity index (χ1v) is 20.9. The number of hydrogen-bond donors (Lipinski definition) is 2. The first kappa shape index (κ1) is 39.1. The van der Waals surface area contributed by atoms with Gasteiger partial charge in [-0.15, -0.1) is 0 Å². The molecule has 0 saturated carbocycles. The number of nitrogens with zero attached hydrogens (tertiary/aromatic N) is 4. The molecule has 0 spiro atoms. The third-order valence-electron chi connectivity index (χ3n) is 10.9. The van der Waals surface area contributed by atoms with E-state index in [0.29, 0.717) is 46.3 Å². The maximum Gasteiger partial charge on any atom is 0.410 e. The van der Waals surface area contributed by atoms with Crippen LogP contribution in [0.4, 0.5) is 24.1 Å². The Morgan fingerprint density at radius 1 is 0.914 bits per heavy atom. The molecule has 3 aliphatic rings.